The first-order valence-electron chi connectivity index (χ1n) is 12.4. The molecule has 37 heavy (non-hydrogen) atoms. The molecule has 3 rings (SSSR count). The molecule has 2 amide bonds. The lowest BCUT2D eigenvalue weighted by Crippen LogP contribution is -2.49. The fraction of sp³-hybridized carbons (Fsp3) is 0.464. The maximum atomic E-state index is 13.1. The second-order valence-electron chi connectivity index (χ2n) is 9.96. The largest absolute Gasteiger partial charge is 0.493 e. The molecule has 0 saturated heterocycles. The first-order valence-corrected chi connectivity index (χ1v) is 12.4. The minimum absolute atomic E-state index is 0.00650. The molecular formula is C28H36N2O7. The standard InChI is InChI=1S/C28H36N2O7/c1-6-36-24-15-20(26(33)35-5)11-12-23(24)25(32)29-16-22(31)17-30(27(34)37-28(2,3)4)21-13-18-9-7-8-10-19(18)14-21/h7-12,15,21-22,31H,6,13-14,16-17H2,1-5H3,(H,29,32)/t22-/m1/s1. The monoisotopic (exact) mass is 512 g/mol. The molecule has 0 fully saturated rings. The molecule has 2 N–H and O–H groups in total. The minimum atomic E-state index is -1.04. The Morgan fingerprint density at radius 1 is 1.11 bits per heavy atom. The Hall–Kier alpha value is -3.59. The van der Waals surface area contributed by atoms with E-state index in [1.54, 1.807) is 32.6 Å². The summed E-state index contributed by atoms with van der Waals surface area (Å²) in [6, 6.07) is 12.3. The van der Waals surface area contributed by atoms with Gasteiger partial charge in [-0.15, -0.1) is 0 Å². The van der Waals surface area contributed by atoms with Gasteiger partial charge in [-0.3, -0.25) is 4.79 Å². The van der Waals surface area contributed by atoms with Crippen LogP contribution in [0, 0.1) is 0 Å². The van der Waals surface area contributed by atoms with E-state index in [0.29, 0.717) is 19.4 Å². The SMILES string of the molecule is CCOc1cc(C(=O)OC)ccc1C(=O)NC[C@@H](O)CN(C(=O)OC(C)(C)C)C1Cc2ccccc2C1. The van der Waals surface area contributed by atoms with E-state index in [1.807, 2.05) is 24.3 Å². The highest BCUT2D eigenvalue weighted by molar-refractivity contribution is 5.99. The molecule has 200 valence electrons. The van der Waals surface area contributed by atoms with Crippen LogP contribution in [-0.2, 0) is 22.3 Å². The number of nitrogens with one attached hydrogen (secondary N) is 1. The Labute approximate surface area is 217 Å². The molecule has 0 heterocycles. The van der Waals surface area contributed by atoms with Gasteiger partial charge in [0.15, 0.2) is 0 Å². The van der Waals surface area contributed by atoms with Gasteiger partial charge in [0.05, 0.1) is 37.5 Å². The lowest BCUT2D eigenvalue weighted by molar-refractivity contribution is 0.00507. The number of aliphatic hydroxyl groups excluding tert-OH is 1. The number of amides is 2. The van der Waals surface area contributed by atoms with E-state index in [0.717, 1.165) is 0 Å². The molecule has 0 radical (unpaired) electrons. The van der Waals surface area contributed by atoms with Gasteiger partial charge in [-0.1, -0.05) is 24.3 Å². The Morgan fingerprint density at radius 2 is 1.76 bits per heavy atom. The zero-order valence-electron chi connectivity index (χ0n) is 22.1. The van der Waals surface area contributed by atoms with E-state index in [9.17, 15) is 19.5 Å². The Morgan fingerprint density at radius 3 is 2.32 bits per heavy atom. The molecule has 0 bridgehead atoms. The molecule has 0 spiro atoms. The molecule has 2 aromatic carbocycles. The topological polar surface area (TPSA) is 114 Å². The number of carbonyl (C=O) groups excluding carboxylic acids is 3. The summed E-state index contributed by atoms with van der Waals surface area (Å²) in [5.74, 6) is -0.785. The van der Waals surface area contributed by atoms with Gasteiger partial charge in [-0.05, 0) is 69.9 Å². The number of rotatable bonds is 9. The van der Waals surface area contributed by atoms with Crippen LogP contribution in [0.1, 0.15) is 59.5 Å². The van der Waals surface area contributed by atoms with Crippen LogP contribution in [0.25, 0.3) is 0 Å². The molecule has 0 unspecified atom stereocenters. The summed E-state index contributed by atoms with van der Waals surface area (Å²) in [5, 5.41) is 13.5. The summed E-state index contributed by atoms with van der Waals surface area (Å²) in [7, 11) is 1.27. The summed E-state index contributed by atoms with van der Waals surface area (Å²) in [4.78, 5) is 39.3. The van der Waals surface area contributed by atoms with Gasteiger partial charge in [0.1, 0.15) is 11.4 Å². The van der Waals surface area contributed by atoms with E-state index >= 15 is 0 Å². The smallest absolute Gasteiger partial charge is 0.410 e. The van der Waals surface area contributed by atoms with Crippen molar-refractivity contribution >= 4 is 18.0 Å². The highest BCUT2D eigenvalue weighted by Gasteiger charge is 2.34. The summed E-state index contributed by atoms with van der Waals surface area (Å²) in [6.07, 6.45) is -0.213. The van der Waals surface area contributed by atoms with E-state index in [1.165, 1.54) is 36.4 Å². The van der Waals surface area contributed by atoms with Crippen LogP contribution in [0.5, 0.6) is 5.75 Å². The molecule has 0 saturated carbocycles. The fourth-order valence-corrected chi connectivity index (χ4v) is 4.28. The molecule has 9 nitrogen and oxygen atoms in total. The van der Waals surface area contributed by atoms with Gasteiger partial charge < -0.3 is 29.5 Å². The maximum absolute atomic E-state index is 13.1. The number of nitrogens with zero attached hydrogens (tertiary/aromatic N) is 1. The molecular weight excluding hydrogens is 476 g/mol. The fourth-order valence-electron chi connectivity index (χ4n) is 4.28. The number of esters is 1. The van der Waals surface area contributed by atoms with Crippen LogP contribution in [0.3, 0.4) is 0 Å². The van der Waals surface area contributed by atoms with Crippen LogP contribution >= 0.6 is 0 Å². The van der Waals surface area contributed by atoms with Gasteiger partial charge in [-0.2, -0.15) is 0 Å². The number of benzene rings is 2. The van der Waals surface area contributed by atoms with Crippen molar-refractivity contribution in [1.29, 1.82) is 0 Å². The summed E-state index contributed by atoms with van der Waals surface area (Å²) in [5.41, 5.74) is 2.13. The van der Waals surface area contributed by atoms with Crippen LogP contribution in [0.15, 0.2) is 42.5 Å². The third kappa shape index (κ3) is 7.45. The molecule has 0 aromatic heterocycles. The number of aliphatic hydroxyl groups is 1. The maximum Gasteiger partial charge on any atom is 0.410 e. The second kappa shape index (κ2) is 12.1. The summed E-state index contributed by atoms with van der Waals surface area (Å²) in [6.45, 7) is 7.35. The van der Waals surface area contributed by atoms with Crippen LogP contribution < -0.4 is 10.1 Å². The Kier molecular flexibility index (Phi) is 9.15. The third-order valence-corrected chi connectivity index (χ3v) is 5.95. The predicted molar refractivity (Wildman–Crippen MR) is 138 cm³/mol. The molecule has 1 aliphatic rings. The van der Waals surface area contributed by atoms with E-state index in [4.69, 9.17) is 14.2 Å². The van der Waals surface area contributed by atoms with Crippen LogP contribution in [0.2, 0.25) is 0 Å². The minimum Gasteiger partial charge on any atom is -0.493 e. The average molecular weight is 513 g/mol. The van der Waals surface area contributed by atoms with Gasteiger partial charge in [0, 0.05) is 12.6 Å². The van der Waals surface area contributed by atoms with Gasteiger partial charge in [0.25, 0.3) is 5.91 Å². The number of hydrogen-bond donors (Lipinski definition) is 2. The summed E-state index contributed by atoms with van der Waals surface area (Å²) >= 11 is 0. The number of ether oxygens (including phenoxy) is 3. The highest BCUT2D eigenvalue weighted by atomic mass is 16.6. The third-order valence-electron chi connectivity index (χ3n) is 5.95. The van der Waals surface area contributed by atoms with E-state index in [2.05, 4.69) is 5.32 Å². The van der Waals surface area contributed by atoms with Crippen molar-refractivity contribution in [1.82, 2.24) is 10.2 Å². The number of carbonyl (C=O) groups is 3. The van der Waals surface area contributed by atoms with E-state index in [-0.39, 0.29) is 36.0 Å². The van der Waals surface area contributed by atoms with Gasteiger partial charge in [0.2, 0.25) is 0 Å². The second-order valence-corrected chi connectivity index (χ2v) is 9.96. The van der Waals surface area contributed by atoms with Crippen molar-refractivity contribution in [3.63, 3.8) is 0 Å². The first-order chi connectivity index (χ1) is 17.5. The van der Waals surface area contributed by atoms with E-state index < -0.39 is 29.7 Å². The molecule has 2 aromatic rings. The molecule has 1 aliphatic carbocycles. The van der Waals surface area contributed by atoms with Gasteiger partial charge >= 0.3 is 12.1 Å². The zero-order valence-corrected chi connectivity index (χ0v) is 22.1. The predicted octanol–water partition coefficient (Wildman–Crippen LogP) is 3.37. The Bertz CT molecular complexity index is 1100. The normalized spacial score (nSPS) is 13.9. The first kappa shape index (κ1) is 28.0. The molecule has 1 atom stereocenters. The lowest BCUT2D eigenvalue weighted by Gasteiger charge is -2.33. The Balaban J connectivity index is 1.68. The van der Waals surface area contributed by atoms with Gasteiger partial charge in [-0.25, -0.2) is 9.59 Å². The summed E-state index contributed by atoms with van der Waals surface area (Å²) < 4.78 is 15.9. The number of fused-ring (bicyclic) bond motifs is 1. The highest BCUT2D eigenvalue weighted by Crippen LogP contribution is 2.27. The van der Waals surface area contributed by atoms with Crippen molar-refractivity contribution < 1.29 is 33.7 Å². The lowest BCUT2D eigenvalue weighted by atomic mass is 10.1. The molecule has 0 aliphatic heterocycles. The van der Waals surface area contributed by atoms with Crippen molar-refractivity contribution in [2.24, 2.45) is 0 Å². The van der Waals surface area contributed by atoms with Crippen molar-refractivity contribution in [3.05, 3.63) is 64.7 Å². The quantitative estimate of drug-likeness (QED) is 0.495. The average Bonchev–Trinajstić information content (AvgIpc) is 3.28. The zero-order chi connectivity index (χ0) is 27.2. The number of hydrogen-bond acceptors (Lipinski definition) is 7. The van der Waals surface area contributed by atoms with Crippen molar-refractivity contribution in [2.75, 3.05) is 26.8 Å². The van der Waals surface area contributed by atoms with Crippen LogP contribution in [-0.4, -0.2) is 72.5 Å². The molecule has 9 heteroatoms. The number of methoxy groups -OCH3 is 1. The van der Waals surface area contributed by atoms with Crippen LogP contribution in [0.4, 0.5) is 4.79 Å². The van der Waals surface area contributed by atoms with Crippen molar-refractivity contribution in [2.45, 2.75) is 58.3 Å². The van der Waals surface area contributed by atoms with Crippen molar-refractivity contribution in [3.8, 4) is 5.75 Å².